The molecule has 0 fully saturated rings. The van der Waals surface area contributed by atoms with Crippen molar-refractivity contribution in [3.8, 4) is 11.5 Å². The molecule has 0 radical (unpaired) electrons. The summed E-state index contributed by atoms with van der Waals surface area (Å²) < 4.78 is 10.2. The molecule has 2 amide bonds. The lowest BCUT2D eigenvalue weighted by atomic mass is 9.94. The molecular weight excluding hydrogens is 404 g/mol. The van der Waals surface area contributed by atoms with Crippen LogP contribution >= 0.6 is 0 Å². The number of carbonyl (C=O) groups is 2. The van der Waals surface area contributed by atoms with Crippen LogP contribution in [0, 0.1) is 0 Å². The Morgan fingerprint density at radius 1 is 0.812 bits per heavy atom. The molecule has 0 aliphatic carbocycles. The van der Waals surface area contributed by atoms with Crippen LogP contribution in [0.5, 0.6) is 11.5 Å². The van der Waals surface area contributed by atoms with Gasteiger partial charge >= 0.3 is 12.2 Å². The normalized spacial score (nSPS) is 11.1. The van der Waals surface area contributed by atoms with Crippen molar-refractivity contribution in [2.45, 2.75) is 65.2 Å². The molecule has 0 saturated heterocycles. The third-order valence-corrected chi connectivity index (χ3v) is 5.29. The van der Waals surface area contributed by atoms with Gasteiger partial charge in [-0.2, -0.15) is 0 Å². The summed E-state index contributed by atoms with van der Waals surface area (Å²) in [6.45, 7) is 8.69. The molecule has 1 unspecified atom stereocenters. The molecule has 1 atom stereocenters. The molecule has 0 aromatic heterocycles. The number of benzene rings is 2. The van der Waals surface area contributed by atoms with Crippen molar-refractivity contribution in [1.29, 1.82) is 0 Å². The Balaban J connectivity index is 0.000000320. The van der Waals surface area contributed by atoms with E-state index in [0.29, 0.717) is 23.3 Å². The summed E-state index contributed by atoms with van der Waals surface area (Å²) in [7, 11) is 3.10. The van der Waals surface area contributed by atoms with E-state index in [1.54, 1.807) is 26.2 Å². The van der Waals surface area contributed by atoms with E-state index >= 15 is 0 Å². The maximum Gasteiger partial charge on any atom is 0.412 e. The van der Waals surface area contributed by atoms with Gasteiger partial charge in [-0.25, -0.2) is 9.59 Å². The second-order valence-electron chi connectivity index (χ2n) is 7.63. The first-order valence-corrected chi connectivity index (χ1v) is 11.4. The Kier molecular flexibility index (Phi) is 12.6. The largest absolute Gasteiger partial charge is 0.412 e. The van der Waals surface area contributed by atoms with Gasteiger partial charge < -0.3 is 20.1 Å². The van der Waals surface area contributed by atoms with Crippen LogP contribution in [0.25, 0.3) is 0 Å². The zero-order valence-electron chi connectivity index (χ0n) is 20.2. The lowest BCUT2D eigenvalue weighted by Gasteiger charge is -2.13. The SMILES string of the molecule is CCC(CC)c1cccc(OC(=O)NC)c1.CCCC(C)c1cccc(OC(=O)NC)c1. The molecule has 0 aliphatic rings. The fourth-order valence-corrected chi connectivity index (χ4v) is 3.39. The summed E-state index contributed by atoms with van der Waals surface area (Å²) in [6, 6.07) is 15.4. The van der Waals surface area contributed by atoms with Gasteiger partial charge in [0.05, 0.1) is 0 Å². The molecule has 0 spiro atoms. The fourth-order valence-electron chi connectivity index (χ4n) is 3.39. The molecule has 2 aromatic carbocycles. The van der Waals surface area contributed by atoms with Crippen LogP contribution in [0.4, 0.5) is 9.59 Å². The molecule has 2 rings (SSSR count). The minimum atomic E-state index is -0.430. The number of hydrogen-bond donors (Lipinski definition) is 2. The first-order valence-electron chi connectivity index (χ1n) is 11.4. The van der Waals surface area contributed by atoms with Gasteiger partial charge in [0.1, 0.15) is 11.5 Å². The summed E-state index contributed by atoms with van der Waals surface area (Å²) in [6.07, 6.45) is 3.63. The maximum absolute atomic E-state index is 11.1. The highest BCUT2D eigenvalue weighted by atomic mass is 16.6. The predicted molar refractivity (Wildman–Crippen MR) is 130 cm³/mol. The Morgan fingerprint density at radius 2 is 1.28 bits per heavy atom. The molecule has 6 heteroatoms. The Hall–Kier alpha value is -3.02. The van der Waals surface area contributed by atoms with E-state index in [1.807, 2.05) is 24.3 Å². The van der Waals surface area contributed by atoms with E-state index in [4.69, 9.17) is 9.47 Å². The molecule has 0 saturated carbocycles. The predicted octanol–water partition coefficient (Wildman–Crippen LogP) is 6.62. The van der Waals surface area contributed by atoms with E-state index in [9.17, 15) is 9.59 Å². The summed E-state index contributed by atoms with van der Waals surface area (Å²) >= 11 is 0. The van der Waals surface area contributed by atoms with E-state index in [1.165, 1.54) is 11.1 Å². The number of hydrogen-bond acceptors (Lipinski definition) is 4. The van der Waals surface area contributed by atoms with Crippen LogP contribution < -0.4 is 20.1 Å². The maximum atomic E-state index is 11.1. The van der Waals surface area contributed by atoms with E-state index < -0.39 is 12.2 Å². The Bertz CT molecular complexity index is 834. The zero-order chi connectivity index (χ0) is 23.9. The van der Waals surface area contributed by atoms with Crippen LogP contribution in [-0.2, 0) is 0 Å². The summed E-state index contributed by atoms with van der Waals surface area (Å²) in [4.78, 5) is 22.1. The smallest absolute Gasteiger partial charge is 0.410 e. The number of rotatable bonds is 8. The van der Waals surface area contributed by atoms with Crippen molar-refractivity contribution in [3.63, 3.8) is 0 Å². The molecule has 176 valence electrons. The second-order valence-corrected chi connectivity index (χ2v) is 7.63. The number of amides is 2. The lowest BCUT2D eigenvalue weighted by Crippen LogP contribution is -2.22. The van der Waals surface area contributed by atoms with Gasteiger partial charge in [-0.05, 0) is 66.5 Å². The quantitative estimate of drug-likeness (QED) is 0.482. The van der Waals surface area contributed by atoms with Crippen LogP contribution in [0.15, 0.2) is 48.5 Å². The van der Waals surface area contributed by atoms with Crippen molar-refractivity contribution in [2.75, 3.05) is 14.1 Å². The van der Waals surface area contributed by atoms with Crippen LogP contribution in [0.1, 0.15) is 76.3 Å². The third-order valence-electron chi connectivity index (χ3n) is 5.29. The monoisotopic (exact) mass is 442 g/mol. The lowest BCUT2D eigenvalue weighted by molar-refractivity contribution is 0.202. The van der Waals surface area contributed by atoms with Gasteiger partial charge in [0, 0.05) is 14.1 Å². The van der Waals surface area contributed by atoms with Gasteiger partial charge in [-0.1, -0.05) is 58.4 Å². The summed E-state index contributed by atoms with van der Waals surface area (Å²) in [5.41, 5.74) is 2.44. The summed E-state index contributed by atoms with van der Waals surface area (Å²) in [5, 5.41) is 4.86. The molecule has 2 aromatic rings. The summed E-state index contributed by atoms with van der Waals surface area (Å²) in [5.74, 6) is 2.23. The molecule has 0 heterocycles. The Labute approximate surface area is 192 Å². The minimum Gasteiger partial charge on any atom is -0.410 e. The average molecular weight is 443 g/mol. The van der Waals surface area contributed by atoms with E-state index in [2.05, 4.69) is 50.5 Å². The fraction of sp³-hybridized carbons (Fsp3) is 0.462. The van der Waals surface area contributed by atoms with Gasteiger partial charge in [0.25, 0.3) is 0 Å². The van der Waals surface area contributed by atoms with E-state index in [0.717, 1.165) is 25.7 Å². The first-order chi connectivity index (χ1) is 15.4. The number of nitrogens with one attached hydrogen (secondary N) is 2. The third kappa shape index (κ3) is 9.41. The van der Waals surface area contributed by atoms with Crippen molar-refractivity contribution in [1.82, 2.24) is 10.6 Å². The Morgan fingerprint density at radius 3 is 1.72 bits per heavy atom. The van der Waals surface area contributed by atoms with Crippen molar-refractivity contribution in [3.05, 3.63) is 59.7 Å². The van der Waals surface area contributed by atoms with Gasteiger partial charge in [-0.15, -0.1) is 0 Å². The average Bonchev–Trinajstić information content (AvgIpc) is 2.80. The molecular formula is C26H38N2O4. The molecule has 32 heavy (non-hydrogen) atoms. The van der Waals surface area contributed by atoms with Gasteiger partial charge in [-0.3, -0.25) is 0 Å². The second kappa shape index (κ2) is 14.9. The highest BCUT2D eigenvalue weighted by Gasteiger charge is 2.09. The van der Waals surface area contributed by atoms with Crippen LogP contribution in [0.3, 0.4) is 0 Å². The number of carbonyl (C=O) groups excluding carboxylic acids is 2. The van der Waals surface area contributed by atoms with E-state index in [-0.39, 0.29) is 0 Å². The standard InChI is InChI=1S/2C13H19NO2/c1-4-6-10(2)11-7-5-8-12(9-11)16-13(15)14-3;1-4-10(5-2)11-7-6-8-12(9-11)16-13(15)14-3/h5,7-10H,4,6H2,1-3H3,(H,14,15);6-10H,4-5H2,1-3H3,(H,14,15). The van der Waals surface area contributed by atoms with Crippen LogP contribution in [0.2, 0.25) is 0 Å². The molecule has 6 nitrogen and oxygen atoms in total. The molecule has 0 bridgehead atoms. The highest BCUT2D eigenvalue weighted by Crippen LogP contribution is 2.26. The van der Waals surface area contributed by atoms with Crippen LogP contribution in [-0.4, -0.2) is 26.3 Å². The van der Waals surface area contributed by atoms with Crippen molar-refractivity contribution in [2.24, 2.45) is 0 Å². The van der Waals surface area contributed by atoms with Gasteiger partial charge in [0.15, 0.2) is 0 Å². The number of ether oxygens (including phenoxy) is 2. The zero-order valence-corrected chi connectivity index (χ0v) is 20.2. The highest BCUT2D eigenvalue weighted by molar-refractivity contribution is 5.70. The topological polar surface area (TPSA) is 76.7 Å². The van der Waals surface area contributed by atoms with Gasteiger partial charge in [0.2, 0.25) is 0 Å². The van der Waals surface area contributed by atoms with Crippen molar-refractivity contribution >= 4 is 12.2 Å². The first kappa shape index (κ1) is 27.0. The van der Waals surface area contributed by atoms with Crippen molar-refractivity contribution < 1.29 is 19.1 Å². The molecule has 2 N–H and O–H groups in total. The minimum absolute atomic E-state index is 0.429. The molecule has 0 aliphatic heterocycles.